The van der Waals surface area contributed by atoms with Crippen molar-refractivity contribution in [2.75, 3.05) is 13.9 Å². The Balaban J connectivity index is 4.68. The first-order valence-corrected chi connectivity index (χ1v) is 45.2. The van der Waals surface area contributed by atoms with Gasteiger partial charge < -0.3 is 50.6 Å². The quantitative estimate of drug-likeness (QED) is 0.0779. The van der Waals surface area contributed by atoms with Gasteiger partial charge >= 0.3 is 0 Å². The average molecular weight is 1190 g/mol. The largest absolute Gasteiger partial charge is 0.393 e. The van der Waals surface area contributed by atoms with Crippen molar-refractivity contribution in [2.24, 2.45) is 5.92 Å². The predicted molar refractivity (Wildman–Crippen MR) is 322 cm³/mol. The highest BCUT2D eigenvalue weighted by atomic mass is 79.9. The molecule has 5 unspecified atom stereocenters. The fourth-order valence-corrected chi connectivity index (χ4v) is 14.8. The van der Waals surface area contributed by atoms with Gasteiger partial charge in [0.15, 0.2) is 62.0 Å². The van der Waals surface area contributed by atoms with Gasteiger partial charge in [0, 0.05) is 18.0 Å². The molecule has 430 valence electrons. The summed E-state index contributed by atoms with van der Waals surface area (Å²) in [5, 5.41) is 11.6. The molecule has 0 bridgehead atoms. The van der Waals surface area contributed by atoms with E-state index in [0.29, 0.717) is 10.9 Å². The molecule has 0 saturated carbocycles. The second-order valence-electron chi connectivity index (χ2n) is 30.9. The van der Waals surface area contributed by atoms with Crippen LogP contribution in [0, 0.1) is 5.92 Å². The molecule has 0 aromatic carbocycles. The SMILES string of the molecule is COCOC(C(C)=C(Br)C(O)C(C)CC(O[Si](C)(C)C(C)(C)C)O[Si](C)(C)C(C)(C)C)C1OC(C)(C)OC1C(O[Si](C)(C)C(C)(C)C)(O[Si](C)(C)C(C)(C)C)C(O[Si](C)(C)C(C)(C)C)O[Si](C)(C)C(C)(C)C. The third kappa shape index (κ3) is 17.5. The summed E-state index contributed by atoms with van der Waals surface area (Å²) in [6.45, 7) is 75.5. The van der Waals surface area contributed by atoms with Crippen LogP contribution in [0.15, 0.2) is 10.1 Å². The van der Waals surface area contributed by atoms with Crippen LogP contribution >= 0.6 is 15.9 Å². The van der Waals surface area contributed by atoms with Crippen LogP contribution in [0.2, 0.25) is 109 Å². The predicted octanol–water partition coefficient (Wildman–Crippen LogP) is 17.0. The topological polar surface area (TPSA) is 113 Å². The molecule has 5 atom stereocenters. The van der Waals surface area contributed by atoms with Gasteiger partial charge in [0.05, 0.1) is 6.10 Å². The molecule has 1 aliphatic rings. The van der Waals surface area contributed by atoms with Crippen LogP contribution in [0.25, 0.3) is 0 Å². The Kier molecular flexibility index (Phi) is 23.4. The number of halogens is 1. The van der Waals surface area contributed by atoms with Crippen molar-refractivity contribution in [3.8, 4) is 0 Å². The molecule has 0 aromatic rings. The normalized spacial score (nSPS) is 20.9. The summed E-state index contributed by atoms with van der Waals surface area (Å²) in [4.78, 5) is 0. The Morgan fingerprint density at radius 3 is 1.18 bits per heavy atom. The van der Waals surface area contributed by atoms with Crippen LogP contribution in [-0.2, 0) is 45.5 Å². The fourth-order valence-electron chi connectivity index (χ4n) is 6.66. The molecular formula is C54H117BrO11Si6. The van der Waals surface area contributed by atoms with Crippen molar-refractivity contribution in [1.29, 1.82) is 0 Å². The van der Waals surface area contributed by atoms with Crippen LogP contribution < -0.4 is 0 Å². The number of hydrogen-bond donors (Lipinski definition) is 1. The van der Waals surface area contributed by atoms with Gasteiger partial charge in [0.25, 0.3) is 0 Å². The molecule has 1 saturated heterocycles. The molecule has 72 heavy (non-hydrogen) atoms. The molecule has 11 nitrogen and oxygen atoms in total. The number of hydrogen-bond acceptors (Lipinski definition) is 11. The van der Waals surface area contributed by atoms with E-state index in [1.54, 1.807) is 7.11 Å². The van der Waals surface area contributed by atoms with E-state index >= 15 is 0 Å². The second-order valence-corrected chi connectivity index (χ2v) is 60.3. The van der Waals surface area contributed by atoms with E-state index in [2.05, 4.69) is 226 Å². The maximum absolute atomic E-state index is 12.6. The number of aliphatic hydroxyl groups excluding tert-OH is 1. The summed E-state index contributed by atoms with van der Waals surface area (Å²) >= 11 is 3.99. The van der Waals surface area contributed by atoms with Crippen molar-refractivity contribution in [1.82, 2.24) is 0 Å². The molecule has 0 spiro atoms. The zero-order valence-electron chi connectivity index (χ0n) is 53.4. The lowest BCUT2D eigenvalue weighted by atomic mass is 9.92. The Bertz CT molecular complexity index is 1690. The summed E-state index contributed by atoms with van der Waals surface area (Å²) in [6, 6.07) is 0. The molecule has 0 aliphatic carbocycles. The van der Waals surface area contributed by atoms with Crippen molar-refractivity contribution < 1.29 is 50.6 Å². The molecule has 1 N–H and O–H groups in total. The first-order chi connectivity index (χ1) is 31.3. The maximum atomic E-state index is 12.6. The molecule has 1 rings (SSSR count). The smallest absolute Gasteiger partial charge is 0.230 e. The van der Waals surface area contributed by atoms with E-state index in [4.69, 9.17) is 45.5 Å². The van der Waals surface area contributed by atoms with E-state index in [0.717, 1.165) is 5.57 Å². The third-order valence-electron chi connectivity index (χ3n) is 18.0. The highest BCUT2D eigenvalue weighted by molar-refractivity contribution is 9.11. The molecular weight excluding hydrogens is 1070 g/mol. The van der Waals surface area contributed by atoms with Gasteiger partial charge in [-0.3, -0.25) is 0 Å². The number of ether oxygens (including phenoxy) is 4. The maximum Gasteiger partial charge on any atom is 0.230 e. The first-order valence-electron chi connectivity index (χ1n) is 26.9. The zero-order chi connectivity index (χ0) is 57.7. The van der Waals surface area contributed by atoms with E-state index in [1.807, 2.05) is 20.8 Å². The van der Waals surface area contributed by atoms with Gasteiger partial charge in [0.1, 0.15) is 31.4 Å². The first kappa shape index (κ1) is 71.1. The Morgan fingerprint density at radius 2 is 0.875 bits per heavy atom. The average Bonchev–Trinajstić information content (AvgIpc) is 3.45. The molecule has 0 amide bonds. The lowest BCUT2D eigenvalue weighted by molar-refractivity contribution is -0.309. The van der Waals surface area contributed by atoms with Gasteiger partial charge in [-0.2, -0.15) is 0 Å². The zero-order valence-corrected chi connectivity index (χ0v) is 60.9. The summed E-state index contributed by atoms with van der Waals surface area (Å²) in [5.41, 5.74) is 0.718. The van der Waals surface area contributed by atoms with Gasteiger partial charge in [0.2, 0.25) is 5.79 Å². The van der Waals surface area contributed by atoms with E-state index in [-0.39, 0.29) is 42.9 Å². The minimum absolute atomic E-state index is 0.0389. The van der Waals surface area contributed by atoms with Crippen LogP contribution in [0.3, 0.4) is 0 Å². The standard InChI is InChI=1S/C54H117BrO11Si6/c1-38(36-40(61-67(24,25)47(3,4)5)62-68(26,27)48(6,7)8)42(56)41(55)39(2)43(58-37-57-23)44-45(60-53(21,22)59-44)54(65-71(32,33)51(15,16)17,66-72(34,35)52(18,19)20)46(63-69(28,29)49(9,10)11)64-70(30,31)50(12,13)14/h38,40,42-46,56H,36-37H2,1-35H3. The van der Waals surface area contributed by atoms with Crippen molar-refractivity contribution >= 4 is 65.8 Å². The summed E-state index contributed by atoms with van der Waals surface area (Å²) in [7, 11) is -14.2. The van der Waals surface area contributed by atoms with Crippen molar-refractivity contribution in [3.05, 3.63) is 10.1 Å². The fraction of sp³-hybridized carbons (Fsp3) is 0.963. The summed E-state index contributed by atoms with van der Waals surface area (Å²) in [6.07, 6.45) is -4.75. The lowest BCUT2D eigenvalue weighted by Gasteiger charge is -2.57. The molecule has 1 heterocycles. The number of methoxy groups -OCH3 is 1. The Hall–Kier alpha value is 1.08. The minimum atomic E-state index is -2.88. The molecule has 1 fully saturated rings. The molecule has 0 radical (unpaired) electrons. The molecule has 1 aliphatic heterocycles. The van der Waals surface area contributed by atoms with Gasteiger partial charge in [-0.1, -0.05) is 147 Å². The van der Waals surface area contributed by atoms with E-state index in [1.165, 1.54) is 0 Å². The van der Waals surface area contributed by atoms with Gasteiger partial charge in [-0.15, -0.1) is 0 Å². The third-order valence-corrected chi connectivity index (χ3v) is 45.7. The summed E-state index contributed by atoms with van der Waals surface area (Å²) in [5.74, 6) is -3.15. The van der Waals surface area contributed by atoms with Gasteiger partial charge in [-0.25, -0.2) is 0 Å². The highest BCUT2D eigenvalue weighted by Gasteiger charge is 2.68. The van der Waals surface area contributed by atoms with Crippen molar-refractivity contribution in [2.45, 2.75) is 316 Å². The highest BCUT2D eigenvalue weighted by Crippen LogP contribution is 2.54. The lowest BCUT2D eigenvalue weighted by Crippen LogP contribution is -2.72. The summed E-state index contributed by atoms with van der Waals surface area (Å²) < 4.78 is 73.8. The van der Waals surface area contributed by atoms with Crippen LogP contribution in [0.5, 0.6) is 0 Å². The van der Waals surface area contributed by atoms with Crippen molar-refractivity contribution in [3.63, 3.8) is 0 Å². The Labute approximate surface area is 459 Å². The van der Waals surface area contributed by atoms with Gasteiger partial charge in [-0.05, 0) is 141 Å². The van der Waals surface area contributed by atoms with Crippen LogP contribution in [-0.4, -0.2) is 117 Å². The van der Waals surface area contributed by atoms with E-state index in [9.17, 15) is 5.11 Å². The number of rotatable bonds is 23. The van der Waals surface area contributed by atoms with Crippen LogP contribution in [0.1, 0.15) is 159 Å². The van der Waals surface area contributed by atoms with Crippen LogP contribution in [0.4, 0.5) is 0 Å². The molecule has 0 aromatic heterocycles. The van der Waals surface area contributed by atoms with E-state index < -0.39 is 98.5 Å². The molecule has 18 heteroatoms. The minimum Gasteiger partial charge on any atom is -0.393 e. The monoisotopic (exact) mass is 1190 g/mol. The second kappa shape index (κ2) is 23.7. The number of aliphatic hydroxyl groups is 1. The Morgan fingerprint density at radius 1 is 0.556 bits per heavy atom.